The third-order valence-electron chi connectivity index (χ3n) is 1.61. The van der Waals surface area contributed by atoms with Crippen molar-refractivity contribution in [2.75, 3.05) is 10.5 Å². The van der Waals surface area contributed by atoms with E-state index in [1.54, 1.807) is 6.92 Å². The van der Waals surface area contributed by atoms with Gasteiger partial charge in [-0.1, -0.05) is 6.92 Å². The van der Waals surface area contributed by atoms with Crippen LogP contribution < -0.4 is 4.72 Å². The molecule has 0 unspecified atom stereocenters. The Kier molecular flexibility index (Phi) is 3.35. The molecular weight excluding hydrogens is 202 g/mol. The first-order valence-electron chi connectivity index (χ1n) is 4.33. The molecule has 0 aliphatic carbocycles. The van der Waals surface area contributed by atoms with Crippen LogP contribution >= 0.6 is 0 Å². The molecule has 14 heavy (non-hydrogen) atoms. The fourth-order valence-corrected chi connectivity index (χ4v) is 2.16. The number of hydrogen-bond donors (Lipinski definition) is 2. The molecule has 0 bridgehead atoms. The van der Waals surface area contributed by atoms with E-state index in [-0.39, 0.29) is 11.5 Å². The highest BCUT2D eigenvalue weighted by Crippen LogP contribution is 2.15. The number of phenols is 1. The molecule has 0 saturated heterocycles. The summed E-state index contributed by atoms with van der Waals surface area (Å²) in [5.41, 5.74) is 0.469. The summed E-state index contributed by atoms with van der Waals surface area (Å²) < 4.78 is 25.0. The van der Waals surface area contributed by atoms with Gasteiger partial charge in [-0.05, 0) is 30.7 Å². The number of nitrogens with one attached hydrogen (secondary N) is 1. The minimum Gasteiger partial charge on any atom is -0.508 e. The molecule has 78 valence electrons. The van der Waals surface area contributed by atoms with Gasteiger partial charge in [0.05, 0.1) is 5.75 Å². The number of hydrogen-bond acceptors (Lipinski definition) is 3. The van der Waals surface area contributed by atoms with Gasteiger partial charge in [0.1, 0.15) is 5.75 Å². The van der Waals surface area contributed by atoms with Crippen LogP contribution in [0.4, 0.5) is 5.69 Å². The zero-order valence-electron chi connectivity index (χ0n) is 7.90. The van der Waals surface area contributed by atoms with Gasteiger partial charge in [-0.2, -0.15) is 0 Å². The van der Waals surface area contributed by atoms with Gasteiger partial charge in [0.2, 0.25) is 10.0 Å². The van der Waals surface area contributed by atoms with E-state index >= 15 is 0 Å². The molecule has 1 aromatic carbocycles. The predicted molar refractivity (Wildman–Crippen MR) is 55.8 cm³/mol. The fraction of sp³-hybridized carbons (Fsp3) is 0.333. The van der Waals surface area contributed by atoms with Gasteiger partial charge in [-0.25, -0.2) is 8.42 Å². The smallest absolute Gasteiger partial charge is 0.232 e. The summed E-state index contributed by atoms with van der Waals surface area (Å²) in [6.45, 7) is 1.80. The minimum atomic E-state index is -3.23. The van der Waals surface area contributed by atoms with Crippen molar-refractivity contribution < 1.29 is 13.5 Å². The van der Waals surface area contributed by atoms with Gasteiger partial charge in [-0.3, -0.25) is 4.72 Å². The molecule has 5 heteroatoms. The van der Waals surface area contributed by atoms with Crippen molar-refractivity contribution in [3.05, 3.63) is 24.3 Å². The Morgan fingerprint density at radius 3 is 2.36 bits per heavy atom. The second-order valence-corrected chi connectivity index (χ2v) is 4.81. The average molecular weight is 215 g/mol. The number of phenolic OH excluding ortho intramolecular Hbond substituents is 1. The molecule has 0 aliphatic rings. The SMILES string of the molecule is CCCS(=O)(=O)Nc1ccc(O)cc1. The normalized spacial score (nSPS) is 11.2. The minimum absolute atomic E-state index is 0.105. The highest BCUT2D eigenvalue weighted by molar-refractivity contribution is 7.92. The van der Waals surface area contributed by atoms with Crippen LogP contribution in [-0.4, -0.2) is 19.3 Å². The van der Waals surface area contributed by atoms with Crippen molar-refractivity contribution in [1.82, 2.24) is 0 Å². The van der Waals surface area contributed by atoms with E-state index in [2.05, 4.69) is 4.72 Å². The lowest BCUT2D eigenvalue weighted by molar-refractivity contribution is 0.475. The van der Waals surface area contributed by atoms with Crippen molar-refractivity contribution in [2.24, 2.45) is 0 Å². The highest BCUT2D eigenvalue weighted by Gasteiger charge is 2.07. The van der Waals surface area contributed by atoms with Crippen LogP contribution in [0.3, 0.4) is 0 Å². The van der Waals surface area contributed by atoms with Gasteiger partial charge in [0.15, 0.2) is 0 Å². The van der Waals surface area contributed by atoms with Gasteiger partial charge in [0, 0.05) is 5.69 Å². The molecule has 0 aliphatic heterocycles. The van der Waals surface area contributed by atoms with Crippen LogP contribution in [0.5, 0.6) is 5.75 Å². The molecule has 2 N–H and O–H groups in total. The Morgan fingerprint density at radius 2 is 1.86 bits per heavy atom. The van der Waals surface area contributed by atoms with Crippen LogP contribution in [0.1, 0.15) is 13.3 Å². The van der Waals surface area contributed by atoms with Crippen LogP contribution in [0.25, 0.3) is 0 Å². The van der Waals surface area contributed by atoms with E-state index in [4.69, 9.17) is 5.11 Å². The average Bonchev–Trinajstić information content (AvgIpc) is 2.08. The Balaban J connectivity index is 2.74. The van der Waals surface area contributed by atoms with Crippen LogP contribution in [0, 0.1) is 0 Å². The van der Waals surface area contributed by atoms with E-state index in [0.29, 0.717) is 12.1 Å². The molecule has 0 radical (unpaired) electrons. The Morgan fingerprint density at radius 1 is 1.29 bits per heavy atom. The standard InChI is InChI=1S/C9H13NO3S/c1-2-7-14(12,13)10-8-3-5-9(11)6-4-8/h3-6,10-11H,2,7H2,1H3. The molecule has 4 nitrogen and oxygen atoms in total. The van der Waals surface area contributed by atoms with Gasteiger partial charge in [0.25, 0.3) is 0 Å². The molecule has 0 amide bonds. The zero-order valence-corrected chi connectivity index (χ0v) is 8.71. The number of anilines is 1. The Labute approximate surface area is 83.6 Å². The highest BCUT2D eigenvalue weighted by atomic mass is 32.2. The van der Waals surface area contributed by atoms with Crippen LogP contribution in [0.2, 0.25) is 0 Å². The second kappa shape index (κ2) is 4.32. The van der Waals surface area contributed by atoms with E-state index in [0.717, 1.165) is 0 Å². The lowest BCUT2D eigenvalue weighted by Crippen LogP contribution is -2.15. The van der Waals surface area contributed by atoms with E-state index in [1.165, 1.54) is 24.3 Å². The first-order valence-corrected chi connectivity index (χ1v) is 5.98. The number of benzene rings is 1. The maximum atomic E-state index is 11.3. The summed E-state index contributed by atoms with van der Waals surface area (Å²) in [5, 5.41) is 8.98. The summed E-state index contributed by atoms with van der Waals surface area (Å²) in [4.78, 5) is 0. The topological polar surface area (TPSA) is 66.4 Å². The monoisotopic (exact) mass is 215 g/mol. The summed E-state index contributed by atoms with van der Waals surface area (Å²) in [6.07, 6.45) is 0.577. The maximum Gasteiger partial charge on any atom is 0.232 e. The first kappa shape index (κ1) is 10.8. The quantitative estimate of drug-likeness (QED) is 0.749. The van der Waals surface area contributed by atoms with Crippen molar-refractivity contribution in [2.45, 2.75) is 13.3 Å². The third-order valence-corrected chi connectivity index (χ3v) is 3.11. The molecule has 0 saturated carbocycles. The lowest BCUT2D eigenvalue weighted by Gasteiger charge is -2.06. The van der Waals surface area contributed by atoms with E-state index in [1.807, 2.05) is 0 Å². The van der Waals surface area contributed by atoms with Crippen molar-refractivity contribution in [3.8, 4) is 5.75 Å². The van der Waals surface area contributed by atoms with Crippen molar-refractivity contribution >= 4 is 15.7 Å². The summed E-state index contributed by atoms with van der Waals surface area (Å²) >= 11 is 0. The van der Waals surface area contributed by atoms with Crippen molar-refractivity contribution in [3.63, 3.8) is 0 Å². The van der Waals surface area contributed by atoms with Crippen molar-refractivity contribution in [1.29, 1.82) is 0 Å². The predicted octanol–water partition coefficient (Wildman–Crippen LogP) is 1.54. The Bertz CT molecular complexity index is 383. The molecule has 0 fully saturated rings. The molecular formula is C9H13NO3S. The molecule has 0 aromatic heterocycles. The largest absolute Gasteiger partial charge is 0.508 e. The lowest BCUT2D eigenvalue weighted by atomic mass is 10.3. The summed E-state index contributed by atoms with van der Waals surface area (Å²) in [5.74, 6) is 0.219. The van der Waals surface area contributed by atoms with Gasteiger partial charge in [-0.15, -0.1) is 0 Å². The molecule has 0 atom stereocenters. The van der Waals surface area contributed by atoms with Crippen LogP contribution in [0.15, 0.2) is 24.3 Å². The second-order valence-electron chi connectivity index (χ2n) is 2.97. The zero-order chi connectivity index (χ0) is 10.6. The van der Waals surface area contributed by atoms with Gasteiger partial charge < -0.3 is 5.11 Å². The molecule has 0 heterocycles. The maximum absolute atomic E-state index is 11.3. The number of sulfonamides is 1. The van der Waals surface area contributed by atoms with E-state index < -0.39 is 10.0 Å². The Hall–Kier alpha value is -1.23. The van der Waals surface area contributed by atoms with E-state index in [9.17, 15) is 8.42 Å². The molecule has 1 rings (SSSR count). The van der Waals surface area contributed by atoms with Gasteiger partial charge >= 0.3 is 0 Å². The number of aromatic hydroxyl groups is 1. The summed E-state index contributed by atoms with van der Waals surface area (Å²) in [6, 6.07) is 5.90. The fourth-order valence-electron chi connectivity index (χ4n) is 1.03. The third kappa shape index (κ3) is 3.26. The molecule has 0 spiro atoms. The van der Waals surface area contributed by atoms with Crippen LogP contribution in [-0.2, 0) is 10.0 Å². The number of rotatable bonds is 4. The molecule has 1 aromatic rings. The summed E-state index contributed by atoms with van der Waals surface area (Å²) in [7, 11) is -3.23. The first-order chi connectivity index (χ1) is 6.53.